The van der Waals surface area contributed by atoms with E-state index < -0.39 is 0 Å². The zero-order valence-corrected chi connectivity index (χ0v) is 17.5. The fourth-order valence-electron chi connectivity index (χ4n) is 3.12. The number of amides is 1. The van der Waals surface area contributed by atoms with Crippen LogP contribution in [0.4, 0.5) is 17.1 Å². The average Bonchev–Trinajstić information content (AvgIpc) is 2.76. The van der Waals surface area contributed by atoms with Gasteiger partial charge in [-0.15, -0.1) is 0 Å². The number of para-hydroxylation sites is 1. The molecule has 0 radical (unpaired) electrons. The van der Waals surface area contributed by atoms with Gasteiger partial charge in [0.1, 0.15) is 4.99 Å². The van der Waals surface area contributed by atoms with Crippen LogP contribution >= 0.6 is 12.2 Å². The van der Waals surface area contributed by atoms with Crippen molar-refractivity contribution in [1.82, 2.24) is 0 Å². The first-order chi connectivity index (χ1) is 14.1. The smallest absolute Gasteiger partial charge is 0.257 e. The molecule has 0 heterocycles. The molecule has 5 heteroatoms. The van der Waals surface area contributed by atoms with Gasteiger partial charge >= 0.3 is 0 Å². The molecule has 0 aromatic heterocycles. The third kappa shape index (κ3) is 5.21. The summed E-state index contributed by atoms with van der Waals surface area (Å²) in [5, 5.41) is 6.17. The van der Waals surface area contributed by atoms with Crippen molar-refractivity contribution in [2.24, 2.45) is 0 Å². The van der Waals surface area contributed by atoms with Crippen LogP contribution in [0, 0.1) is 0 Å². The van der Waals surface area contributed by atoms with Crippen molar-refractivity contribution in [3.63, 3.8) is 0 Å². The van der Waals surface area contributed by atoms with E-state index in [9.17, 15) is 4.79 Å². The summed E-state index contributed by atoms with van der Waals surface area (Å²) in [7, 11) is 0. The number of hydrogen-bond acceptors (Lipinski definition) is 3. The van der Waals surface area contributed by atoms with Crippen molar-refractivity contribution >= 4 is 40.2 Å². The molecule has 4 nitrogen and oxygen atoms in total. The molecule has 0 aliphatic heterocycles. The van der Waals surface area contributed by atoms with Gasteiger partial charge in [0, 0.05) is 30.0 Å². The normalized spacial score (nSPS) is 10.3. The van der Waals surface area contributed by atoms with Gasteiger partial charge < -0.3 is 15.5 Å². The molecule has 3 aromatic carbocycles. The Morgan fingerprint density at radius 3 is 2.10 bits per heavy atom. The Morgan fingerprint density at radius 2 is 1.45 bits per heavy atom. The van der Waals surface area contributed by atoms with Crippen molar-refractivity contribution in [1.29, 1.82) is 0 Å². The SMILES string of the molecule is CCN(CC)c1ccc(NC(=O)c2ccccc2NC(=S)c2ccccc2)cc1. The first-order valence-electron chi connectivity index (χ1n) is 9.74. The summed E-state index contributed by atoms with van der Waals surface area (Å²) in [6.45, 7) is 6.15. The van der Waals surface area contributed by atoms with Gasteiger partial charge in [0.15, 0.2) is 0 Å². The standard InChI is InChI=1S/C24H25N3OS/c1-3-27(4-2)20-16-14-19(15-17-20)25-23(28)21-12-8-9-13-22(21)26-24(29)18-10-6-5-7-11-18/h5-17H,3-4H2,1-2H3,(H,25,28)(H,26,29). The van der Waals surface area contributed by atoms with Gasteiger partial charge in [-0.25, -0.2) is 0 Å². The lowest BCUT2D eigenvalue weighted by molar-refractivity contribution is 0.102. The van der Waals surface area contributed by atoms with Gasteiger partial charge in [-0.2, -0.15) is 0 Å². The number of carbonyl (C=O) groups excluding carboxylic acids is 1. The zero-order chi connectivity index (χ0) is 20.6. The molecule has 29 heavy (non-hydrogen) atoms. The highest BCUT2D eigenvalue weighted by Crippen LogP contribution is 2.21. The number of thiocarbonyl (C=S) groups is 1. The van der Waals surface area contributed by atoms with E-state index in [1.165, 1.54) is 0 Å². The summed E-state index contributed by atoms with van der Waals surface area (Å²) < 4.78 is 0. The quantitative estimate of drug-likeness (QED) is 0.506. The van der Waals surface area contributed by atoms with Crippen molar-refractivity contribution in [3.05, 3.63) is 90.0 Å². The first-order valence-corrected chi connectivity index (χ1v) is 10.1. The van der Waals surface area contributed by atoms with Gasteiger partial charge in [-0.3, -0.25) is 4.79 Å². The molecule has 0 aliphatic carbocycles. The minimum Gasteiger partial charge on any atom is -0.372 e. The third-order valence-electron chi connectivity index (χ3n) is 4.71. The van der Waals surface area contributed by atoms with E-state index in [2.05, 4.69) is 29.4 Å². The van der Waals surface area contributed by atoms with E-state index in [4.69, 9.17) is 12.2 Å². The molecule has 0 bridgehead atoms. The molecule has 0 spiro atoms. The van der Waals surface area contributed by atoms with E-state index in [1.807, 2.05) is 72.8 Å². The van der Waals surface area contributed by atoms with Gasteiger partial charge in [-0.1, -0.05) is 54.7 Å². The van der Waals surface area contributed by atoms with Crippen molar-refractivity contribution in [3.8, 4) is 0 Å². The zero-order valence-electron chi connectivity index (χ0n) is 16.7. The van der Waals surface area contributed by atoms with Crippen LogP contribution < -0.4 is 15.5 Å². The van der Waals surface area contributed by atoms with Gasteiger partial charge in [0.2, 0.25) is 0 Å². The molecule has 3 aromatic rings. The third-order valence-corrected chi connectivity index (χ3v) is 5.05. The molecule has 0 fully saturated rings. The minimum absolute atomic E-state index is 0.181. The van der Waals surface area contributed by atoms with Gasteiger partial charge in [-0.05, 0) is 50.2 Å². The number of hydrogen-bond donors (Lipinski definition) is 2. The van der Waals surface area contributed by atoms with Crippen LogP contribution in [0.25, 0.3) is 0 Å². The number of rotatable bonds is 7. The highest BCUT2D eigenvalue weighted by Gasteiger charge is 2.13. The van der Waals surface area contributed by atoms with Crippen LogP contribution in [0.3, 0.4) is 0 Å². The monoisotopic (exact) mass is 403 g/mol. The summed E-state index contributed by atoms with van der Waals surface area (Å²) in [6.07, 6.45) is 0. The Kier molecular flexibility index (Phi) is 6.98. The number of anilines is 3. The minimum atomic E-state index is -0.181. The maximum atomic E-state index is 12.9. The van der Waals surface area contributed by atoms with E-state index >= 15 is 0 Å². The lowest BCUT2D eigenvalue weighted by Crippen LogP contribution is -2.21. The van der Waals surface area contributed by atoms with Crippen molar-refractivity contribution in [2.45, 2.75) is 13.8 Å². The number of carbonyl (C=O) groups is 1. The summed E-state index contributed by atoms with van der Waals surface area (Å²) in [5.41, 5.74) is 4.02. The van der Waals surface area contributed by atoms with E-state index in [1.54, 1.807) is 6.07 Å². The van der Waals surface area contributed by atoms with Crippen LogP contribution in [0.5, 0.6) is 0 Å². The molecule has 2 N–H and O–H groups in total. The van der Waals surface area contributed by atoms with Crippen LogP contribution in [0.1, 0.15) is 29.8 Å². The molecule has 3 rings (SSSR count). The molecule has 0 aliphatic rings. The second-order valence-electron chi connectivity index (χ2n) is 6.54. The van der Waals surface area contributed by atoms with E-state index in [0.29, 0.717) is 16.2 Å². The summed E-state index contributed by atoms with van der Waals surface area (Å²) >= 11 is 5.49. The molecular weight excluding hydrogens is 378 g/mol. The predicted molar refractivity (Wildman–Crippen MR) is 126 cm³/mol. The van der Waals surface area contributed by atoms with Crippen LogP contribution in [0.15, 0.2) is 78.9 Å². The number of nitrogens with zero attached hydrogens (tertiary/aromatic N) is 1. The maximum absolute atomic E-state index is 12.9. The molecule has 0 unspecified atom stereocenters. The lowest BCUT2D eigenvalue weighted by atomic mass is 10.1. The second-order valence-corrected chi connectivity index (χ2v) is 6.95. The predicted octanol–water partition coefficient (Wildman–Crippen LogP) is 5.57. The topological polar surface area (TPSA) is 44.4 Å². The van der Waals surface area contributed by atoms with E-state index in [-0.39, 0.29) is 5.91 Å². The molecule has 0 saturated heterocycles. The number of nitrogens with one attached hydrogen (secondary N) is 2. The average molecular weight is 404 g/mol. The highest BCUT2D eigenvalue weighted by molar-refractivity contribution is 7.81. The van der Waals surface area contributed by atoms with Crippen molar-refractivity contribution in [2.75, 3.05) is 28.6 Å². The fraction of sp³-hybridized carbons (Fsp3) is 0.167. The summed E-state index contributed by atoms with van der Waals surface area (Å²) in [5.74, 6) is -0.181. The fourth-order valence-corrected chi connectivity index (χ4v) is 3.36. The Hall–Kier alpha value is -3.18. The molecule has 0 saturated carbocycles. The Morgan fingerprint density at radius 1 is 0.828 bits per heavy atom. The van der Waals surface area contributed by atoms with E-state index in [0.717, 1.165) is 30.0 Å². The van der Waals surface area contributed by atoms with Gasteiger partial charge in [0.25, 0.3) is 5.91 Å². The highest BCUT2D eigenvalue weighted by atomic mass is 32.1. The second kappa shape index (κ2) is 9.85. The maximum Gasteiger partial charge on any atom is 0.257 e. The van der Waals surface area contributed by atoms with Crippen LogP contribution in [-0.4, -0.2) is 24.0 Å². The summed E-state index contributed by atoms with van der Waals surface area (Å²) in [4.78, 5) is 15.7. The molecule has 1 amide bonds. The van der Waals surface area contributed by atoms with Crippen LogP contribution in [0.2, 0.25) is 0 Å². The Bertz CT molecular complexity index is 967. The van der Waals surface area contributed by atoms with Crippen molar-refractivity contribution < 1.29 is 4.79 Å². The largest absolute Gasteiger partial charge is 0.372 e. The number of benzene rings is 3. The molecule has 0 atom stereocenters. The lowest BCUT2D eigenvalue weighted by Gasteiger charge is -2.21. The Balaban J connectivity index is 1.74. The molecule has 148 valence electrons. The van der Waals surface area contributed by atoms with Crippen LogP contribution in [-0.2, 0) is 0 Å². The molecular formula is C24H25N3OS. The van der Waals surface area contributed by atoms with Gasteiger partial charge in [0.05, 0.1) is 11.3 Å². The Labute approximate surface area is 177 Å². The summed E-state index contributed by atoms with van der Waals surface area (Å²) in [6, 6.07) is 25.0. The first kappa shape index (κ1) is 20.6.